The van der Waals surface area contributed by atoms with Crippen molar-refractivity contribution in [2.75, 3.05) is 13.7 Å². The fourth-order valence-corrected chi connectivity index (χ4v) is 2.13. The number of carbonyl (C=O) groups is 1. The molecular weight excluding hydrogens is 306 g/mol. The van der Waals surface area contributed by atoms with E-state index in [0.717, 1.165) is 23.8 Å². The molecule has 0 fully saturated rings. The Balaban J connectivity index is 1.97. The first-order valence-corrected chi connectivity index (χ1v) is 7.80. The third kappa shape index (κ3) is 4.84. The van der Waals surface area contributed by atoms with Crippen LogP contribution in [0.3, 0.4) is 0 Å². The van der Waals surface area contributed by atoms with Crippen LogP contribution >= 0.6 is 0 Å². The lowest BCUT2D eigenvalue weighted by molar-refractivity contribution is 0.0600. The van der Waals surface area contributed by atoms with Crippen molar-refractivity contribution < 1.29 is 9.53 Å². The molecule has 0 aliphatic carbocycles. The Labute approximate surface area is 141 Å². The Morgan fingerprint density at radius 3 is 2.58 bits per heavy atom. The average molecular weight is 329 g/mol. The molecule has 0 amide bonds. The van der Waals surface area contributed by atoms with Gasteiger partial charge in [0, 0.05) is 19.8 Å². The summed E-state index contributed by atoms with van der Waals surface area (Å²) in [7, 11) is 3.28. The number of rotatable bonds is 6. The van der Waals surface area contributed by atoms with Crippen LogP contribution in [0.2, 0.25) is 0 Å². The van der Waals surface area contributed by atoms with Gasteiger partial charge in [-0.2, -0.15) is 5.10 Å². The summed E-state index contributed by atoms with van der Waals surface area (Å²) in [6.45, 7) is 3.96. The smallest absolute Gasteiger partial charge is 0.337 e. The van der Waals surface area contributed by atoms with E-state index in [0.29, 0.717) is 18.7 Å². The monoisotopic (exact) mass is 329 g/mol. The summed E-state index contributed by atoms with van der Waals surface area (Å²) in [5, 5.41) is 10.6. The van der Waals surface area contributed by atoms with Gasteiger partial charge in [0.25, 0.3) is 0 Å². The summed E-state index contributed by atoms with van der Waals surface area (Å²) in [5.74, 6) is 0.395. The number of carbonyl (C=O) groups excluding carboxylic acids is 1. The number of aliphatic imine (C=N–C) groups is 1. The largest absolute Gasteiger partial charge is 0.465 e. The number of ether oxygens (including phenoxy) is 1. The number of esters is 1. The first kappa shape index (κ1) is 17.5. The highest BCUT2D eigenvalue weighted by molar-refractivity contribution is 5.89. The number of methoxy groups -OCH3 is 1. The molecule has 0 aliphatic heterocycles. The number of benzene rings is 1. The zero-order valence-electron chi connectivity index (χ0n) is 14.2. The molecule has 0 radical (unpaired) electrons. The van der Waals surface area contributed by atoms with Crippen molar-refractivity contribution >= 4 is 11.9 Å². The number of aromatic nitrogens is 2. The minimum absolute atomic E-state index is 0.337. The second-order valence-electron chi connectivity index (χ2n) is 5.18. The molecule has 2 rings (SSSR count). The highest BCUT2D eigenvalue weighted by Gasteiger charge is 2.05. The van der Waals surface area contributed by atoms with Crippen molar-refractivity contribution in [1.82, 2.24) is 20.4 Å². The summed E-state index contributed by atoms with van der Waals surface area (Å²) in [6.07, 6.45) is 1.77. The molecular formula is C17H23N5O2. The maximum absolute atomic E-state index is 11.4. The third-order valence-electron chi connectivity index (χ3n) is 3.50. The molecule has 1 aromatic heterocycles. The van der Waals surface area contributed by atoms with E-state index in [1.807, 2.05) is 36.9 Å². The normalized spacial score (nSPS) is 11.2. The van der Waals surface area contributed by atoms with E-state index in [1.165, 1.54) is 7.11 Å². The molecule has 1 aromatic carbocycles. The molecule has 0 bridgehead atoms. The van der Waals surface area contributed by atoms with Crippen molar-refractivity contribution in [3.63, 3.8) is 0 Å². The molecule has 0 saturated heterocycles. The Kier molecular flexibility index (Phi) is 6.36. The van der Waals surface area contributed by atoms with Crippen LogP contribution in [0.4, 0.5) is 0 Å². The van der Waals surface area contributed by atoms with Crippen molar-refractivity contribution in [2.24, 2.45) is 12.0 Å². The van der Waals surface area contributed by atoms with Gasteiger partial charge in [-0.3, -0.25) is 4.68 Å². The number of nitrogens with one attached hydrogen (secondary N) is 2. The van der Waals surface area contributed by atoms with Crippen LogP contribution in [0.5, 0.6) is 0 Å². The van der Waals surface area contributed by atoms with E-state index in [1.54, 1.807) is 18.3 Å². The zero-order chi connectivity index (χ0) is 17.4. The van der Waals surface area contributed by atoms with Crippen LogP contribution in [-0.2, 0) is 24.9 Å². The van der Waals surface area contributed by atoms with Crippen molar-refractivity contribution in [3.05, 3.63) is 53.3 Å². The van der Waals surface area contributed by atoms with Crippen LogP contribution in [0.25, 0.3) is 0 Å². The minimum Gasteiger partial charge on any atom is -0.465 e. The Morgan fingerprint density at radius 2 is 2.00 bits per heavy atom. The van der Waals surface area contributed by atoms with Crippen LogP contribution < -0.4 is 10.6 Å². The summed E-state index contributed by atoms with van der Waals surface area (Å²) >= 11 is 0. The summed E-state index contributed by atoms with van der Waals surface area (Å²) in [5.41, 5.74) is 2.62. The van der Waals surface area contributed by atoms with Crippen LogP contribution in [0.15, 0.2) is 41.5 Å². The molecule has 2 N–H and O–H groups in total. The van der Waals surface area contributed by atoms with Gasteiger partial charge in [0.15, 0.2) is 5.96 Å². The number of guanidine groups is 1. The molecule has 7 heteroatoms. The maximum atomic E-state index is 11.4. The molecule has 0 saturated carbocycles. The second-order valence-corrected chi connectivity index (χ2v) is 5.18. The van der Waals surface area contributed by atoms with Crippen LogP contribution in [-0.4, -0.2) is 35.4 Å². The van der Waals surface area contributed by atoms with Gasteiger partial charge >= 0.3 is 5.97 Å². The Morgan fingerprint density at radius 1 is 1.25 bits per heavy atom. The quantitative estimate of drug-likeness (QED) is 0.476. The lowest BCUT2D eigenvalue weighted by Gasteiger charge is -2.11. The number of hydrogen-bond acceptors (Lipinski definition) is 4. The summed E-state index contributed by atoms with van der Waals surface area (Å²) in [6, 6.07) is 9.20. The Hall–Kier alpha value is -2.83. The fraction of sp³-hybridized carbons (Fsp3) is 0.353. The van der Waals surface area contributed by atoms with Crippen molar-refractivity contribution in [1.29, 1.82) is 0 Å². The van der Waals surface area contributed by atoms with E-state index in [-0.39, 0.29) is 5.97 Å². The molecule has 1 heterocycles. The molecule has 24 heavy (non-hydrogen) atoms. The predicted molar refractivity (Wildman–Crippen MR) is 92.6 cm³/mol. The minimum atomic E-state index is -0.337. The van der Waals surface area contributed by atoms with Crippen LogP contribution in [0.1, 0.15) is 28.5 Å². The number of aryl methyl sites for hydroxylation is 1. The second kappa shape index (κ2) is 8.71. The maximum Gasteiger partial charge on any atom is 0.337 e. The van der Waals surface area contributed by atoms with E-state index in [2.05, 4.69) is 25.5 Å². The van der Waals surface area contributed by atoms with Gasteiger partial charge in [0.05, 0.1) is 31.5 Å². The van der Waals surface area contributed by atoms with Crippen molar-refractivity contribution in [3.8, 4) is 0 Å². The van der Waals surface area contributed by atoms with Gasteiger partial charge in [-0.1, -0.05) is 12.1 Å². The molecule has 0 aliphatic rings. The first-order chi connectivity index (χ1) is 11.6. The zero-order valence-corrected chi connectivity index (χ0v) is 14.2. The van der Waals surface area contributed by atoms with E-state index in [9.17, 15) is 4.79 Å². The van der Waals surface area contributed by atoms with Gasteiger partial charge in [0.2, 0.25) is 0 Å². The van der Waals surface area contributed by atoms with E-state index >= 15 is 0 Å². The average Bonchev–Trinajstić information content (AvgIpc) is 3.02. The van der Waals surface area contributed by atoms with E-state index < -0.39 is 0 Å². The Bertz CT molecular complexity index is 691. The van der Waals surface area contributed by atoms with Crippen molar-refractivity contribution in [2.45, 2.75) is 20.0 Å². The van der Waals surface area contributed by atoms with Gasteiger partial charge in [-0.15, -0.1) is 0 Å². The topological polar surface area (TPSA) is 80.5 Å². The molecule has 7 nitrogen and oxygen atoms in total. The van der Waals surface area contributed by atoms with Crippen LogP contribution in [0, 0.1) is 0 Å². The van der Waals surface area contributed by atoms with Gasteiger partial charge < -0.3 is 15.4 Å². The predicted octanol–water partition coefficient (Wildman–Crippen LogP) is 1.46. The highest BCUT2D eigenvalue weighted by Crippen LogP contribution is 2.07. The number of hydrogen-bond donors (Lipinski definition) is 2. The lowest BCUT2D eigenvalue weighted by atomic mass is 10.1. The molecule has 128 valence electrons. The van der Waals surface area contributed by atoms with Gasteiger partial charge in [-0.25, -0.2) is 9.79 Å². The number of nitrogens with zero attached hydrogens (tertiary/aromatic N) is 3. The summed E-state index contributed by atoms with van der Waals surface area (Å²) in [4.78, 5) is 16.0. The van der Waals surface area contributed by atoms with Gasteiger partial charge in [0.1, 0.15) is 0 Å². The third-order valence-corrected chi connectivity index (χ3v) is 3.50. The summed E-state index contributed by atoms with van der Waals surface area (Å²) < 4.78 is 6.51. The standard InChI is InChI=1S/C17H23N5O2/c1-4-18-17(20-12-15-9-10-21-22(15)2)19-11-13-5-7-14(8-6-13)16(23)24-3/h5-10H,4,11-12H2,1-3H3,(H2,18,19,20). The lowest BCUT2D eigenvalue weighted by Crippen LogP contribution is -2.37. The highest BCUT2D eigenvalue weighted by atomic mass is 16.5. The fourth-order valence-electron chi connectivity index (χ4n) is 2.13. The van der Waals surface area contributed by atoms with E-state index in [4.69, 9.17) is 0 Å². The molecule has 0 spiro atoms. The molecule has 0 unspecified atom stereocenters. The first-order valence-electron chi connectivity index (χ1n) is 7.80. The van der Waals surface area contributed by atoms with Gasteiger partial charge in [-0.05, 0) is 30.7 Å². The SMILES string of the molecule is CCNC(=NCc1ccc(C(=O)OC)cc1)NCc1ccnn1C. The molecule has 0 atom stereocenters. The molecule has 2 aromatic rings.